The van der Waals surface area contributed by atoms with Crippen LogP contribution in [0.3, 0.4) is 0 Å². The maximum atomic E-state index is 13.5. The van der Waals surface area contributed by atoms with Crippen molar-refractivity contribution in [2.45, 2.75) is 6.54 Å². The summed E-state index contributed by atoms with van der Waals surface area (Å²) < 4.78 is 14.3. The third kappa shape index (κ3) is 2.54. The molecule has 0 aliphatic heterocycles. The average Bonchev–Trinajstić information content (AvgIpc) is 2.79. The first-order valence-electron chi connectivity index (χ1n) is 5.57. The molecule has 0 aliphatic carbocycles. The van der Waals surface area contributed by atoms with Gasteiger partial charge in [-0.05, 0) is 17.7 Å². The zero-order chi connectivity index (χ0) is 14.1. The maximum absolute atomic E-state index is 13.5. The molecule has 0 amide bonds. The Morgan fingerprint density at radius 1 is 1.30 bits per heavy atom. The molecule has 0 spiro atoms. The van der Waals surface area contributed by atoms with E-state index in [9.17, 15) is 4.39 Å². The molecular weight excluding hydrogens is 322 g/mol. The molecule has 0 atom stereocenters. The summed E-state index contributed by atoms with van der Waals surface area (Å²) in [6, 6.07) is 1.60. The first-order chi connectivity index (χ1) is 9.65. The Balaban J connectivity index is 1.93. The molecule has 0 saturated carbocycles. The van der Waals surface area contributed by atoms with Gasteiger partial charge in [-0.3, -0.25) is 4.98 Å². The van der Waals surface area contributed by atoms with Gasteiger partial charge in [0.25, 0.3) is 0 Å². The number of nitrogens with zero attached hydrogens (tertiary/aromatic N) is 3. The highest BCUT2D eigenvalue weighted by atomic mass is 35.5. The highest BCUT2D eigenvalue weighted by molar-refractivity contribution is 7.18. The molecule has 102 valence electrons. The van der Waals surface area contributed by atoms with Crippen LogP contribution in [0.4, 0.5) is 10.2 Å². The zero-order valence-corrected chi connectivity index (χ0v) is 12.2. The van der Waals surface area contributed by atoms with Crippen molar-refractivity contribution in [3.05, 3.63) is 45.5 Å². The van der Waals surface area contributed by atoms with Crippen molar-refractivity contribution in [1.29, 1.82) is 0 Å². The number of nitrogens with one attached hydrogen (secondary N) is 1. The van der Waals surface area contributed by atoms with Crippen LogP contribution in [0.2, 0.25) is 10.3 Å². The van der Waals surface area contributed by atoms with Gasteiger partial charge in [0.2, 0.25) is 5.28 Å². The molecule has 0 unspecified atom stereocenters. The zero-order valence-electron chi connectivity index (χ0n) is 9.90. The van der Waals surface area contributed by atoms with Crippen LogP contribution >= 0.6 is 34.5 Å². The standard InChI is InChI=1S/C12H7Cl2FN4S/c13-7-5-20-10-9(7)18-12(14)19-11(10)17-3-6-1-2-16-4-8(6)15/h1-2,4-5H,3H2,(H,17,18,19). The first kappa shape index (κ1) is 13.5. The molecule has 8 heteroatoms. The smallest absolute Gasteiger partial charge is 0.225 e. The van der Waals surface area contributed by atoms with Gasteiger partial charge < -0.3 is 5.32 Å². The van der Waals surface area contributed by atoms with Crippen LogP contribution in [-0.4, -0.2) is 15.0 Å². The van der Waals surface area contributed by atoms with E-state index in [0.717, 1.165) is 4.70 Å². The Kier molecular flexibility index (Phi) is 3.69. The lowest BCUT2D eigenvalue weighted by molar-refractivity contribution is 0.606. The summed E-state index contributed by atoms with van der Waals surface area (Å²) in [6.45, 7) is 0.270. The van der Waals surface area contributed by atoms with E-state index < -0.39 is 0 Å². The Bertz CT molecular complexity index is 777. The molecule has 4 nitrogen and oxygen atoms in total. The second-order valence-corrected chi connectivity index (χ2v) is 5.55. The number of aromatic nitrogens is 3. The Morgan fingerprint density at radius 2 is 2.15 bits per heavy atom. The van der Waals surface area contributed by atoms with Crippen molar-refractivity contribution >= 4 is 50.6 Å². The Morgan fingerprint density at radius 3 is 2.95 bits per heavy atom. The number of anilines is 1. The van der Waals surface area contributed by atoms with Crippen LogP contribution < -0.4 is 5.32 Å². The summed E-state index contributed by atoms with van der Waals surface area (Å²) in [7, 11) is 0. The number of hydrogen-bond donors (Lipinski definition) is 1. The maximum Gasteiger partial charge on any atom is 0.225 e. The van der Waals surface area contributed by atoms with Gasteiger partial charge in [-0.2, -0.15) is 4.98 Å². The van der Waals surface area contributed by atoms with Gasteiger partial charge >= 0.3 is 0 Å². The van der Waals surface area contributed by atoms with Gasteiger partial charge in [-0.1, -0.05) is 11.6 Å². The third-order valence-corrected chi connectivity index (χ3v) is 4.21. The largest absolute Gasteiger partial charge is 0.365 e. The molecule has 0 saturated heterocycles. The van der Waals surface area contributed by atoms with E-state index in [4.69, 9.17) is 23.2 Å². The lowest BCUT2D eigenvalue weighted by Crippen LogP contribution is -2.04. The molecule has 1 N–H and O–H groups in total. The monoisotopic (exact) mass is 328 g/mol. The molecule has 0 bridgehead atoms. The summed E-state index contributed by atoms with van der Waals surface area (Å²) in [5.41, 5.74) is 1.08. The van der Waals surface area contributed by atoms with Crippen molar-refractivity contribution in [2.75, 3.05) is 5.32 Å². The summed E-state index contributed by atoms with van der Waals surface area (Å²) in [5, 5.41) is 5.42. The minimum absolute atomic E-state index is 0.0931. The van der Waals surface area contributed by atoms with Gasteiger partial charge in [0.15, 0.2) is 0 Å². The molecule has 0 aliphatic rings. The molecule has 3 aromatic rings. The average molecular weight is 329 g/mol. The fourth-order valence-electron chi connectivity index (χ4n) is 1.71. The quantitative estimate of drug-likeness (QED) is 0.734. The van der Waals surface area contributed by atoms with Gasteiger partial charge in [-0.25, -0.2) is 9.37 Å². The minimum atomic E-state index is -0.374. The number of hydrogen-bond acceptors (Lipinski definition) is 5. The van der Waals surface area contributed by atoms with E-state index in [1.54, 1.807) is 11.4 Å². The summed E-state index contributed by atoms with van der Waals surface area (Å²) in [5.74, 6) is 0.161. The summed E-state index contributed by atoms with van der Waals surface area (Å²) >= 11 is 13.3. The predicted molar refractivity (Wildman–Crippen MR) is 79.0 cm³/mol. The lowest BCUT2D eigenvalue weighted by Gasteiger charge is -2.07. The third-order valence-electron chi connectivity index (χ3n) is 2.65. The molecule has 0 fully saturated rings. The topological polar surface area (TPSA) is 50.7 Å². The number of rotatable bonds is 3. The second kappa shape index (κ2) is 5.47. The minimum Gasteiger partial charge on any atom is -0.365 e. The molecular formula is C12H7Cl2FN4S. The summed E-state index contributed by atoms with van der Waals surface area (Å²) in [6.07, 6.45) is 2.70. The van der Waals surface area contributed by atoms with Crippen LogP contribution in [-0.2, 0) is 6.54 Å². The molecule has 0 aromatic carbocycles. The fraction of sp³-hybridized carbons (Fsp3) is 0.0833. The molecule has 0 radical (unpaired) electrons. The van der Waals surface area contributed by atoms with Crippen LogP contribution in [0.1, 0.15) is 5.56 Å². The molecule has 3 heterocycles. The highest BCUT2D eigenvalue weighted by Gasteiger charge is 2.12. The highest BCUT2D eigenvalue weighted by Crippen LogP contribution is 2.33. The van der Waals surface area contributed by atoms with Crippen LogP contribution in [0.5, 0.6) is 0 Å². The number of fused-ring (bicyclic) bond motifs is 1. The van der Waals surface area contributed by atoms with E-state index in [1.807, 2.05) is 0 Å². The number of halogens is 3. The van der Waals surface area contributed by atoms with Crippen molar-refractivity contribution in [1.82, 2.24) is 15.0 Å². The van der Waals surface area contributed by atoms with E-state index in [2.05, 4.69) is 20.3 Å². The van der Waals surface area contributed by atoms with Crippen molar-refractivity contribution in [3.8, 4) is 0 Å². The van der Waals surface area contributed by atoms with E-state index in [-0.39, 0.29) is 17.6 Å². The first-order valence-corrected chi connectivity index (χ1v) is 7.21. The van der Waals surface area contributed by atoms with Crippen molar-refractivity contribution < 1.29 is 4.39 Å². The van der Waals surface area contributed by atoms with Crippen molar-refractivity contribution in [3.63, 3.8) is 0 Å². The SMILES string of the molecule is Fc1cnccc1CNc1nc(Cl)nc2c(Cl)csc12. The van der Waals surface area contributed by atoms with Gasteiger partial charge in [0, 0.05) is 23.7 Å². The van der Waals surface area contributed by atoms with E-state index in [1.165, 1.54) is 23.7 Å². The van der Waals surface area contributed by atoms with Crippen LogP contribution in [0.25, 0.3) is 10.2 Å². The van der Waals surface area contributed by atoms with Crippen molar-refractivity contribution in [2.24, 2.45) is 0 Å². The predicted octanol–water partition coefficient (Wildman–Crippen LogP) is 4.14. The van der Waals surface area contributed by atoms with Gasteiger partial charge in [0.1, 0.15) is 17.2 Å². The molecule has 20 heavy (non-hydrogen) atoms. The second-order valence-electron chi connectivity index (χ2n) is 3.92. The molecule has 3 aromatic heterocycles. The van der Waals surface area contributed by atoms with Crippen LogP contribution in [0, 0.1) is 5.82 Å². The van der Waals surface area contributed by atoms with E-state index >= 15 is 0 Å². The molecule has 3 rings (SSSR count). The summed E-state index contributed by atoms with van der Waals surface area (Å²) in [4.78, 5) is 11.9. The lowest BCUT2D eigenvalue weighted by atomic mass is 10.2. The van der Waals surface area contributed by atoms with Gasteiger partial charge in [-0.15, -0.1) is 11.3 Å². The number of pyridine rings is 1. The van der Waals surface area contributed by atoms with Crippen LogP contribution in [0.15, 0.2) is 23.8 Å². The fourth-order valence-corrected chi connectivity index (χ4v) is 3.03. The normalized spacial score (nSPS) is 10.9. The Hall–Kier alpha value is -1.50. The van der Waals surface area contributed by atoms with Gasteiger partial charge in [0.05, 0.1) is 15.9 Å². The Labute approximate surface area is 127 Å². The number of thiophene rings is 1. The van der Waals surface area contributed by atoms with E-state index in [0.29, 0.717) is 21.9 Å².